The molecular formula is C13H13ClN2O4S. The summed E-state index contributed by atoms with van der Waals surface area (Å²) in [6.45, 7) is 0.247. The third-order valence-electron chi connectivity index (χ3n) is 2.68. The third-order valence-corrected chi connectivity index (χ3v) is 3.79. The Morgan fingerprint density at radius 2 is 2.05 bits per heavy atom. The van der Waals surface area contributed by atoms with Crippen molar-refractivity contribution in [2.24, 2.45) is 0 Å². The zero-order valence-electron chi connectivity index (χ0n) is 11.0. The predicted octanol–water partition coefficient (Wildman–Crippen LogP) is 1.53. The van der Waals surface area contributed by atoms with Crippen molar-refractivity contribution in [1.29, 1.82) is 0 Å². The standard InChI is InChI=1S/C13H13ClN2O4S/c14-9-1-3-10(4-2-9)20-7-11(17)15-5-6-16-12(18)8-21-13(16)19/h1-4H,5-8H2,(H,15,17). The van der Waals surface area contributed by atoms with Gasteiger partial charge in [-0.2, -0.15) is 0 Å². The van der Waals surface area contributed by atoms with E-state index >= 15 is 0 Å². The molecule has 0 saturated carbocycles. The number of ether oxygens (including phenoxy) is 1. The molecule has 0 atom stereocenters. The Morgan fingerprint density at radius 1 is 1.33 bits per heavy atom. The number of imide groups is 1. The second-order valence-corrected chi connectivity index (χ2v) is 5.56. The average molecular weight is 329 g/mol. The van der Waals surface area contributed by atoms with Gasteiger partial charge in [0.15, 0.2) is 6.61 Å². The number of amides is 3. The molecule has 0 aromatic heterocycles. The lowest BCUT2D eigenvalue weighted by Gasteiger charge is -2.13. The average Bonchev–Trinajstić information content (AvgIpc) is 2.78. The van der Waals surface area contributed by atoms with Gasteiger partial charge in [0.05, 0.1) is 5.75 Å². The van der Waals surface area contributed by atoms with Crippen LogP contribution in [0.3, 0.4) is 0 Å². The number of benzene rings is 1. The normalized spacial score (nSPS) is 14.4. The molecule has 1 aromatic carbocycles. The Morgan fingerprint density at radius 3 is 2.67 bits per heavy atom. The van der Waals surface area contributed by atoms with E-state index in [9.17, 15) is 14.4 Å². The molecule has 0 radical (unpaired) electrons. The van der Waals surface area contributed by atoms with Crippen LogP contribution in [-0.2, 0) is 9.59 Å². The van der Waals surface area contributed by atoms with Gasteiger partial charge in [-0.1, -0.05) is 23.4 Å². The molecule has 1 aliphatic rings. The minimum absolute atomic E-state index is 0.141. The van der Waals surface area contributed by atoms with E-state index in [1.165, 1.54) is 0 Å². The molecule has 0 unspecified atom stereocenters. The summed E-state index contributed by atoms with van der Waals surface area (Å²) in [6, 6.07) is 6.65. The highest BCUT2D eigenvalue weighted by molar-refractivity contribution is 8.14. The molecule has 3 amide bonds. The summed E-state index contributed by atoms with van der Waals surface area (Å²) >= 11 is 6.70. The second-order valence-electron chi connectivity index (χ2n) is 4.19. The van der Waals surface area contributed by atoms with Crippen LogP contribution in [0.25, 0.3) is 0 Å². The van der Waals surface area contributed by atoms with E-state index in [1.54, 1.807) is 24.3 Å². The van der Waals surface area contributed by atoms with Crippen molar-refractivity contribution in [2.45, 2.75) is 0 Å². The van der Waals surface area contributed by atoms with Crippen molar-refractivity contribution in [1.82, 2.24) is 10.2 Å². The van der Waals surface area contributed by atoms with E-state index in [1.807, 2.05) is 0 Å². The number of nitrogens with zero attached hydrogens (tertiary/aromatic N) is 1. The van der Waals surface area contributed by atoms with Crippen LogP contribution in [0.15, 0.2) is 24.3 Å². The van der Waals surface area contributed by atoms with Gasteiger partial charge in [-0.05, 0) is 24.3 Å². The molecule has 21 heavy (non-hydrogen) atoms. The van der Waals surface area contributed by atoms with Crippen molar-refractivity contribution in [3.8, 4) is 5.75 Å². The van der Waals surface area contributed by atoms with Crippen molar-refractivity contribution < 1.29 is 19.1 Å². The summed E-state index contributed by atoms with van der Waals surface area (Å²) in [4.78, 5) is 35.3. The van der Waals surface area contributed by atoms with Crippen molar-refractivity contribution in [2.75, 3.05) is 25.4 Å². The van der Waals surface area contributed by atoms with E-state index in [2.05, 4.69) is 5.32 Å². The Balaban J connectivity index is 1.67. The summed E-state index contributed by atoms with van der Waals surface area (Å²) in [6.07, 6.45) is 0. The van der Waals surface area contributed by atoms with Crippen LogP contribution >= 0.6 is 23.4 Å². The quantitative estimate of drug-likeness (QED) is 0.857. The molecule has 0 bridgehead atoms. The first-order valence-electron chi connectivity index (χ1n) is 6.18. The maximum Gasteiger partial charge on any atom is 0.288 e. The lowest BCUT2D eigenvalue weighted by Crippen LogP contribution is -2.38. The van der Waals surface area contributed by atoms with Gasteiger partial charge in [-0.25, -0.2) is 0 Å². The van der Waals surface area contributed by atoms with E-state index in [0.717, 1.165) is 16.7 Å². The Bertz CT molecular complexity index is 534. The smallest absolute Gasteiger partial charge is 0.288 e. The first-order chi connectivity index (χ1) is 10.1. The minimum Gasteiger partial charge on any atom is -0.484 e. The Hall–Kier alpha value is -1.73. The van der Waals surface area contributed by atoms with Crippen LogP contribution in [0.4, 0.5) is 4.79 Å². The van der Waals surface area contributed by atoms with E-state index in [-0.39, 0.29) is 42.5 Å². The highest BCUT2D eigenvalue weighted by Gasteiger charge is 2.29. The number of carbonyl (C=O) groups excluding carboxylic acids is 3. The molecule has 112 valence electrons. The zero-order chi connectivity index (χ0) is 15.2. The number of rotatable bonds is 6. The van der Waals surface area contributed by atoms with Crippen LogP contribution in [0.2, 0.25) is 5.02 Å². The molecule has 2 rings (SSSR count). The molecule has 6 nitrogen and oxygen atoms in total. The van der Waals surface area contributed by atoms with E-state index in [0.29, 0.717) is 10.8 Å². The fraction of sp³-hybridized carbons (Fsp3) is 0.308. The van der Waals surface area contributed by atoms with Crippen molar-refractivity contribution >= 4 is 40.4 Å². The van der Waals surface area contributed by atoms with Crippen molar-refractivity contribution in [3.05, 3.63) is 29.3 Å². The van der Waals surface area contributed by atoms with Gasteiger partial charge >= 0.3 is 0 Å². The zero-order valence-corrected chi connectivity index (χ0v) is 12.6. The summed E-state index contributed by atoms with van der Waals surface area (Å²) in [5.74, 6) is 0.163. The van der Waals surface area contributed by atoms with Gasteiger partial charge in [0.25, 0.3) is 11.1 Å². The molecule has 1 saturated heterocycles. The van der Waals surface area contributed by atoms with Crippen LogP contribution < -0.4 is 10.1 Å². The Labute approximate surface area is 130 Å². The Kier molecular flexibility index (Phi) is 5.46. The first kappa shape index (κ1) is 15.7. The molecule has 1 aromatic rings. The van der Waals surface area contributed by atoms with E-state index in [4.69, 9.17) is 16.3 Å². The largest absolute Gasteiger partial charge is 0.484 e. The van der Waals surface area contributed by atoms with Crippen LogP contribution in [0, 0.1) is 0 Å². The maximum atomic E-state index is 11.6. The molecule has 1 fully saturated rings. The second kappa shape index (κ2) is 7.33. The van der Waals surface area contributed by atoms with E-state index < -0.39 is 0 Å². The number of carbonyl (C=O) groups is 3. The van der Waals surface area contributed by atoms with Crippen molar-refractivity contribution in [3.63, 3.8) is 0 Å². The van der Waals surface area contributed by atoms with Gasteiger partial charge in [0.2, 0.25) is 5.91 Å². The molecular weight excluding hydrogens is 316 g/mol. The molecule has 1 heterocycles. The molecule has 0 spiro atoms. The number of nitrogens with one attached hydrogen (secondary N) is 1. The summed E-state index contributed by atoms with van der Waals surface area (Å²) < 4.78 is 5.27. The lowest BCUT2D eigenvalue weighted by molar-refractivity contribution is -0.126. The number of hydrogen-bond acceptors (Lipinski definition) is 5. The first-order valence-corrected chi connectivity index (χ1v) is 7.55. The SMILES string of the molecule is O=C(COc1ccc(Cl)cc1)NCCN1C(=O)CSC1=O. The summed E-state index contributed by atoms with van der Waals surface area (Å²) in [5, 5.41) is 2.90. The van der Waals surface area contributed by atoms with Crippen LogP contribution in [-0.4, -0.2) is 47.4 Å². The fourth-order valence-corrected chi connectivity index (χ4v) is 2.51. The van der Waals surface area contributed by atoms with Crippen LogP contribution in [0.5, 0.6) is 5.75 Å². The fourth-order valence-electron chi connectivity index (χ4n) is 1.63. The topological polar surface area (TPSA) is 75.7 Å². The highest BCUT2D eigenvalue weighted by Crippen LogP contribution is 2.17. The highest BCUT2D eigenvalue weighted by atomic mass is 35.5. The van der Waals surface area contributed by atoms with Gasteiger partial charge in [-0.3, -0.25) is 19.3 Å². The molecule has 0 aliphatic carbocycles. The van der Waals surface area contributed by atoms with Gasteiger partial charge in [-0.15, -0.1) is 0 Å². The number of thioether (sulfide) groups is 1. The molecule has 1 aliphatic heterocycles. The van der Waals surface area contributed by atoms with Gasteiger partial charge in [0.1, 0.15) is 5.75 Å². The van der Waals surface area contributed by atoms with Gasteiger partial charge < -0.3 is 10.1 Å². The third kappa shape index (κ3) is 4.64. The number of hydrogen-bond donors (Lipinski definition) is 1. The lowest BCUT2D eigenvalue weighted by atomic mass is 10.3. The van der Waals surface area contributed by atoms with Crippen LogP contribution in [0.1, 0.15) is 0 Å². The minimum atomic E-state index is -0.323. The molecule has 1 N–H and O–H groups in total. The molecule has 8 heteroatoms. The number of halogens is 1. The van der Waals surface area contributed by atoms with Gasteiger partial charge in [0, 0.05) is 18.1 Å². The monoisotopic (exact) mass is 328 g/mol. The maximum absolute atomic E-state index is 11.6. The summed E-state index contributed by atoms with van der Waals surface area (Å²) in [7, 11) is 0. The summed E-state index contributed by atoms with van der Waals surface area (Å²) in [5.41, 5.74) is 0. The predicted molar refractivity (Wildman–Crippen MR) is 79.5 cm³/mol.